The minimum atomic E-state index is -3.61. The molecule has 1 saturated heterocycles. The highest BCUT2D eigenvalue weighted by Gasteiger charge is 2.45. The summed E-state index contributed by atoms with van der Waals surface area (Å²) in [4.78, 5) is 11.5. The van der Waals surface area contributed by atoms with E-state index >= 15 is 0 Å². The molecule has 1 aromatic carbocycles. The Morgan fingerprint density at radius 2 is 1.96 bits per heavy atom. The number of nitrogens with zero attached hydrogens (tertiary/aromatic N) is 1. The zero-order valence-electron chi connectivity index (χ0n) is 12.9. The van der Waals surface area contributed by atoms with Crippen LogP contribution in [0.15, 0.2) is 23.1 Å². The first-order chi connectivity index (χ1) is 10.3. The van der Waals surface area contributed by atoms with Crippen LogP contribution >= 0.6 is 12.4 Å². The van der Waals surface area contributed by atoms with Gasteiger partial charge in [0.05, 0.1) is 4.90 Å². The Hall–Kier alpha value is -1.15. The van der Waals surface area contributed by atoms with E-state index in [0.717, 1.165) is 12.8 Å². The average molecular weight is 360 g/mol. The number of rotatable bonds is 3. The van der Waals surface area contributed by atoms with Gasteiger partial charge in [0.15, 0.2) is 0 Å². The van der Waals surface area contributed by atoms with Crippen LogP contribution in [0.3, 0.4) is 0 Å². The molecule has 128 valence electrons. The van der Waals surface area contributed by atoms with Crippen molar-refractivity contribution in [1.29, 1.82) is 0 Å². The Morgan fingerprint density at radius 3 is 2.57 bits per heavy atom. The Labute approximate surface area is 142 Å². The van der Waals surface area contributed by atoms with Crippen molar-refractivity contribution in [2.75, 3.05) is 13.1 Å². The van der Waals surface area contributed by atoms with Crippen molar-refractivity contribution in [3.8, 4) is 0 Å². The molecule has 3 rings (SSSR count). The van der Waals surface area contributed by atoms with Crippen molar-refractivity contribution in [1.82, 2.24) is 4.31 Å². The summed E-state index contributed by atoms with van der Waals surface area (Å²) in [6.45, 7) is 2.71. The third-order valence-corrected chi connectivity index (χ3v) is 6.82. The number of aryl methyl sites for hydroxylation is 1. The summed E-state index contributed by atoms with van der Waals surface area (Å²) in [6.07, 6.45) is 1.96. The van der Waals surface area contributed by atoms with Crippen LogP contribution in [0, 0.1) is 18.8 Å². The molecule has 4 N–H and O–H groups in total. The fourth-order valence-corrected chi connectivity index (χ4v) is 5.20. The molecule has 1 amide bonds. The van der Waals surface area contributed by atoms with Gasteiger partial charge in [-0.2, -0.15) is 4.31 Å². The van der Waals surface area contributed by atoms with Gasteiger partial charge in [0, 0.05) is 24.7 Å². The lowest BCUT2D eigenvalue weighted by atomic mass is 9.98. The van der Waals surface area contributed by atoms with Crippen LogP contribution in [0.25, 0.3) is 0 Å². The Kier molecular flexibility index (Phi) is 5.06. The van der Waals surface area contributed by atoms with E-state index in [1.807, 2.05) is 0 Å². The Morgan fingerprint density at radius 1 is 1.26 bits per heavy atom. The van der Waals surface area contributed by atoms with Gasteiger partial charge in [-0.15, -0.1) is 12.4 Å². The predicted molar refractivity (Wildman–Crippen MR) is 89.9 cm³/mol. The quantitative estimate of drug-likeness (QED) is 0.835. The van der Waals surface area contributed by atoms with Gasteiger partial charge in [-0.1, -0.05) is 6.07 Å². The first kappa shape index (κ1) is 18.2. The topological polar surface area (TPSA) is 106 Å². The molecule has 0 spiro atoms. The van der Waals surface area contributed by atoms with Crippen molar-refractivity contribution < 1.29 is 13.2 Å². The molecule has 0 aromatic heterocycles. The molecule has 2 fully saturated rings. The third kappa shape index (κ3) is 3.10. The molecule has 1 aliphatic carbocycles. The Bertz CT molecular complexity index is 723. The molecular formula is C15H22ClN3O3S. The van der Waals surface area contributed by atoms with E-state index in [-0.39, 0.29) is 34.8 Å². The number of carbonyl (C=O) groups excluding carboxylic acids is 1. The lowest BCUT2D eigenvalue weighted by Crippen LogP contribution is -2.33. The van der Waals surface area contributed by atoms with E-state index in [9.17, 15) is 13.2 Å². The van der Waals surface area contributed by atoms with Crippen molar-refractivity contribution in [2.24, 2.45) is 23.3 Å². The number of fused-ring (bicyclic) bond motifs is 1. The summed E-state index contributed by atoms with van der Waals surface area (Å²) >= 11 is 0. The monoisotopic (exact) mass is 359 g/mol. The molecular weight excluding hydrogens is 338 g/mol. The molecule has 2 aliphatic rings. The molecule has 0 bridgehead atoms. The minimum Gasteiger partial charge on any atom is -0.366 e. The first-order valence-electron chi connectivity index (χ1n) is 7.47. The summed E-state index contributed by atoms with van der Waals surface area (Å²) in [5.74, 6) is -0.0171. The molecule has 3 atom stereocenters. The summed E-state index contributed by atoms with van der Waals surface area (Å²) in [5.41, 5.74) is 12.3. The molecule has 3 unspecified atom stereocenters. The smallest absolute Gasteiger partial charge is 0.249 e. The van der Waals surface area contributed by atoms with Crippen LogP contribution in [0.4, 0.5) is 0 Å². The highest BCUT2D eigenvalue weighted by Crippen LogP contribution is 2.39. The van der Waals surface area contributed by atoms with Crippen molar-refractivity contribution >= 4 is 28.3 Å². The standard InChI is InChI=1S/C15H21N3O3S.ClH/c1-9-2-4-11(6-12(9)15(17)19)22(20,21)18-7-10-3-5-14(16)13(10)8-18;/h2,4,6,10,13-14H,3,5,7-8,16H2,1H3,(H2,17,19);1H. The number of sulfonamides is 1. The zero-order valence-corrected chi connectivity index (χ0v) is 14.6. The minimum absolute atomic E-state index is 0. The van der Waals surface area contributed by atoms with Gasteiger partial charge >= 0.3 is 0 Å². The van der Waals surface area contributed by atoms with Crippen molar-refractivity contribution in [2.45, 2.75) is 30.7 Å². The highest BCUT2D eigenvalue weighted by molar-refractivity contribution is 7.89. The number of hydrogen-bond acceptors (Lipinski definition) is 4. The number of halogens is 1. The van der Waals surface area contributed by atoms with E-state index in [1.165, 1.54) is 16.4 Å². The normalized spacial score (nSPS) is 27.5. The molecule has 1 aliphatic heterocycles. The average Bonchev–Trinajstić information content (AvgIpc) is 3.02. The van der Waals surface area contributed by atoms with Crippen LogP contribution in [-0.4, -0.2) is 37.8 Å². The van der Waals surface area contributed by atoms with Gasteiger partial charge in [-0.25, -0.2) is 8.42 Å². The molecule has 6 nitrogen and oxygen atoms in total. The van der Waals surface area contributed by atoms with Gasteiger partial charge in [-0.05, 0) is 49.3 Å². The van der Waals surface area contributed by atoms with Crippen LogP contribution in [0.5, 0.6) is 0 Å². The third-order valence-electron chi connectivity index (χ3n) is 4.99. The summed E-state index contributed by atoms with van der Waals surface area (Å²) in [5, 5.41) is 0. The summed E-state index contributed by atoms with van der Waals surface area (Å²) < 4.78 is 27.1. The largest absolute Gasteiger partial charge is 0.366 e. The van der Waals surface area contributed by atoms with E-state index < -0.39 is 15.9 Å². The number of hydrogen-bond donors (Lipinski definition) is 2. The maximum absolute atomic E-state index is 12.8. The van der Waals surface area contributed by atoms with E-state index in [0.29, 0.717) is 24.6 Å². The van der Waals surface area contributed by atoms with Crippen molar-refractivity contribution in [3.63, 3.8) is 0 Å². The lowest BCUT2D eigenvalue weighted by molar-refractivity contribution is 0.0999. The van der Waals surface area contributed by atoms with Crippen LogP contribution in [0.1, 0.15) is 28.8 Å². The molecule has 1 heterocycles. The molecule has 0 radical (unpaired) electrons. The number of nitrogens with two attached hydrogens (primary N) is 2. The number of amides is 1. The van der Waals surface area contributed by atoms with E-state index in [2.05, 4.69) is 0 Å². The number of benzene rings is 1. The molecule has 1 aromatic rings. The van der Waals surface area contributed by atoms with Gasteiger partial charge in [0.25, 0.3) is 0 Å². The fraction of sp³-hybridized carbons (Fsp3) is 0.533. The van der Waals surface area contributed by atoms with Crippen LogP contribution in [0.2, 0.25) is 0 Å². The number of primary amides is 1. The second-order valence-corrected chi connectivity index (χ2v) is 8.27. The van der Waals surface area contributed by atoms with Crippen LogP contribution in [-0.2, 0) is 10.0 Å². The summed E-state index contributed by atoms with van der Waals surface area (Å²) in [7, 11) is -3.61. The van der Waals surface area contributed by atoms with Crippen LogP contribution < -0.4 is 11.5 Å². The zero-order chi connectivity index (χ0) is 16.1. The predicted octanol–water partition coefficient (Wildman–Crippen LogP) is 0.874. The van der Waals surface area contributed by atoms with Gasteiger partial charge < -0.3 is 11.5 Å². The van der Waals surface area contributed by atoms with Gasteiger partial charge in [0.2, 0.25) is 15.9 Å². The summed E-state index contributed by atoms with van der Waals surface area (Å²) in [6, 6.07) is 4.62. The second-order valence-electron chi connectivity index (χ2n) is 6.33. The maximum atomic E-state index is 12.8. The van der Waals surface area contributed by atoms with E-state index in [4.69, 9.17) is 11.5 Å². The maximum Gasteiger partial charge on any atom is 0.249 e. The first-order valence-corrected chi connectivity index (χ1v) is 8.91. The van der Waals surface area contributed by atoms with Gasteiger partial charge in [-0.3, -0.25) is 4.79 Å². The molecule has 8 heteroatoms. The highest BCUT2D eigenvalue weighted by atomic mass is 35.5. The van der Waals surface area contributed by atoms with Crippen molar-refractivity contribution in [3.05, 3.63) is 29.3 Å². The van der Waals surface area contributed by atoms with E-state index in [1.54, 1.807) is 13.0 Å². The fourth-order valence-electron chi connectivity index (χ4n) is 3.64. The van der Waals surface area contributed by atoms with Gasteiger partial charge in [0.1, 0.15) is 0 Å². The number of carbonyl (C=O) groups is 1. The second kappa shape index (κ2) is 6.39. The Balaban J connectivity index is 0.00000192. The molecule has 23 heavy (non-hydrogen) atoms. The molecule has 1 saturated carbocycles. The lowest BCUT2D eigenvalue weighted by Gasteiger charge is -2.19. The SMILES string of the molecule is Cc1ccc(S(=O)(=O)N2CC3CCC(N)C3C2)cc1C(N)=O.Cl.